The first kappa shape index (κ1) is 23.7. The van der Waals surface area contributed by atoms with E-state index in [1.165, 1.54) is 11.8 Å². The molecule has 33 heavy (non-hydrogen) atoms. The molecule has 1 fully saturated rings. The van der Waals surface area contributed by atoms with Crippen LogP contribution in [-0.2, 0) is 16.1 Å². The van der Waals surface area contributed by atoms with Gasteiger partial charge in [0.1, 0.15) is 25.6 Å². The maximum Gasteiger partial charge on any atom is 0.230 e. The molecule has 1 amide bonds. The Morgan fingerprint density at radius 2 is 1.91 bits per heavy atom. The van der Waals surface area contributed by atoms with Crippen LogP contribution in [-0.4, -0.2) is 69.2 Å². The summed E-state index contributed by atoms with van der Waals surface area (Å²) >= 11 is 1.48. The predicted octanol–water partition coefficient (Wildman–Crippen LogP) is 3.36. The van der Waals surface area contributed by atoms with Crippen molar-refractivity contribution in [2.24, 2.45) is 0 Å². The fraction of sp³-hybridized carbons (Fsp3) is 0.480. The molecule has 2 aromatic carbocycles. The predicted molar refractivity (Wildman–Crippen MR) is 128 cm³/mol. The van der Waals surface area contributed by atoms with Gasteiger partial charge in [-0.05, 0) is 55.8 Å². The molecule has 8 heteroatoms. The molecule has 0 unspecified atom stereocenters. The van der Waals surface area contributed by atoms with Crippen molar-refractivity contribution < 1.29 is 23.7 Å². The van der Waals surface area contributed by atoms with Crippen LogP contribution in [0.15, 0.2) is 47.4 Å². The molecule has 7 nitrogen and oxygen atoms in total. The number of fused-ring (bicyclic) bond motifs is 1. The van der Waals surface area contributed by atoms with Gasteiger partial charge in [-0.2, -0.15) is 0 Å². The number of carbonyl (C=O) groups excluding carboxylic acids is 1. The van der Waals surface area contributed by atoms with Gasteiger partial charge in [-0.25, -0.2) is 0 Å². The molecule has 0 aromatic heterocycles. The number of amides is 1. The van der Waals surface area contributed by atoms with Crippen molar-refractivity contribution in [1.82, 2.24) is 10.2 Å². The molecule has 1 N–H and O–H groups in total. The Morgan fingerprint density at radius 1 is 1.09 bits per heavy atom. The van der Waals surface area contributed by atoms with Crippen LogP contribution in [0.3, 0.4) is 0 Å². The van der Waals surface area contributed by atoms with Crippen molar-refractivity contribution in [1.29, 1.82) is 0 Å². The summed E-state index contributed by atoms with van der Waals surface area (Å²) < 4.78 is 22.5. The minimum atomic E-state index is -0.0145. The minimum absolute atomic E-state index is 0.0145. The van der Waals surface area contributed by atoms with Gasteiger partial charge in [0.25, 0.3) is 0 Å². The number of ether oxygens (including phenoxy) is 4. The lowest BCUT2D eigenvalue weighted by Gasteiger charge is -2.31. The average molecular weight is 473 g/mol. The van der Waals surface area contributed by atoms with Gasteiger partial charge < -0.3 is 24.3 Å². The molecule has 2 heterocycles. The van der Waals surface area contributed by atoms with Gasteiger partial charge in [0.15, 0.2) is 11.5 Å². The second-order valence-corrected chi connectivity index (χ2v) is 9.24. The molecule has 0 spiro atoms. The van der Waals surface area contributed by atoms with Crippen molar-refractivity contribution in [3.63, 3.8) is 0 Å². The monoisotopic (exact) mass is 472 g/mol. The molecular formula is C25H32N2O5S. The summed E-state index contributed by atoms with van der Waals surface area (Å²) in [7, 11) is 2.15. The van der Waals surface area contributed by atoms with Gasteiger partial charge in [-0.15, -0.1) is 11.8 Å². The molecule has 1 saturated heterocycles. The highest BCUT2D eigenvalue weighted by molar-refractivity contribution is 8.00. The number of benzene rings is 2. The summed E-state index contributed by atoms with van der Waals surface area (Å²) in [5.41, 5.74) is 1.02. The van der Waals surface area contributed by atoms with Crippen molar-refractivity contribution in [2.75, 3.05) is 52.4 Å². The third-order valence-corrected chi connectivity index (χ3v) is 6.79. The van der Waals surface area contributed by atoms with Crippen molar-refractivity contribution >= 4 is 17.7 Å². The van der Waals surface area contributed by atoms with E-state index >= 15 is 0 Å². The first-order chi connectivity index (χ1) is 16.2. The maximum atomic E-state index is 12.3. The number of hydrogen-bond donors (Lipinski definition) is 1. The largest absolute Gasteiger partial charge is 0.492 e. The zero-order valence-electron chi connectivity index (χ0n) is 19.1. The first-order valence-corrected chi connectivity index (χ1v) is 12.4. The molecule has 2 aliphatic heterocycles. The van der Waals surface area contributed by atoms with Crippen LogP contribution in [0.1, 0.15) is 18.4 Å². The molecule has 0 aliphatic carbocycles. The number of nitrogens with zero attached hydrogens (tertiary/aromatic N) is 1. The quantitative estimate of drug-likeness (QED) is 0.532. The molecule has 0 saturated carbocycles. The first-order valence-electron chi connectivity index (χ1n) is 11.5. The summed E-state index contributed by atoms with van der Waals surface area (Å²) in [4.78, 5) is 15.7. The molecule has 4 rings (SSSR count). The normalized spacial score (nSPS) is 15.9. The fourth-order valence-electron chi connectivity index (χ4n) is 3.88. The number of rotatable bonds is 10. The Hall–Kier alpha value is -2.42. The highest BCUT2D eigenvalue weighted by Gasteiger charge is 2.18. The Bertz CT molecular complexity index is 919. The lowest BCUT2D eigenvalue weighted by Crippen LogP contribution is -2.38. The van der Waals surface area contributed by atoms with Gasteiger partial charge in [-0.3, -0.25) is 9.69 Å². The summed E-state index contributed by atoms with van der Waals surface area (Å²) in [6.07, 6.45) is 2.16. The summed E-state index contributed by atoms with van der Waals surface area (Å²) in [5, 5.41) is 2.98. The van der Waals surface area contributed by atoms with Crippen LogP contribution in [0, 0.1) is 0 Å². The molecular weight excluding hydrogens is 440 g/mol. The number of thioether (sulfide) groups is 1. The Balaban J connectivity index is 1.17. The smallest absolute Gasteiger partial charge is 0.230 e. The Labute approximate surface area is 199 Å². The zero-order chi connectivity index (χ0) is 22.9. The van der Waals surface area contributed by atoms with E-state index in [0.717, 1.165) is 60.3 Å². The highest BCUT2D eigenvalue weighted by atomic mass is 32.2. The van der Waals surface area contributed by atoms with E-state index in [0.29, 0.717) is 38.2 Å². The maximum absolute atomic E-state index is 12.3. The SMILES string of the molecule is CN(CCOc1cccc(CNC(=O)CSc2ccc3c(c2)OCCO3)c1)C1CCOCC1. The highest BCUT2D eigenvalue weighted by Crippen LogP contribution is 2.34. The average Bonchev–Trinajstić information content (AvgIpc) is 2.87. The lowest BCUT2D eigenvalue weighted by molar-refractivity contribution is -0.118. The molecule has 178 valence electrons. The minimum Gasteiger partial charge on any atom is -0.492 e. The van der Waals surface area contributed by atoms with Gasteiger partial charge in [0, 0.05) is 37.2 Å². The number of hydrogen-bond acceptors (Lipinski definition) is 7. The standard InChI is InChI=1S/C25H32N2O5S/c1-27(20-7-10-29-11-8-20)9-12-30-21-4-2-3-19(15-21)17-26-25(28)18-33-22-5-6-23-24(16-22)32-14-13-31-23/h2-6,15-16,20H,7-14,17-18H2,1H3,(H,26,28). The van der Waals surface area contributed by atoms with Crippen LogP contribution < -0.4 is 19.5 Å². The third kappa shape index (κ3) is 7.28. The third-order valence-electron chi connectivity index (χ3n) is 5.80. The van der Waals surface area contributed by atoms with E-state index in [1.807, 2.05) is 42.5 Å². The van der Waals surface area contributed by atoms with Crippen LogP contribution in [0.2, 0.25) is 0 Å². The van der Waals surface area contributed by atoms with Crippen molar-refractivity contribution in [3.05, 3.63) is 48.0 Å². The summed E-state index contributed by atoms with van der Waals surface area (Å²) in [5.74, 6) is 2.65. The van der Waals surface area contributed by atoms with Crippen LogP contribution in [0.5, 0.6) is 17.2 Å². The molecule has 0 bridgehead atoms. The Kier molecular flexibility index (Phi) is 8.74. The summed E-state index contributed by atoms with van der Waals surface area (Å²) in [6.45, 7) is 4.80. The second-order valence-electron chi connectivity index (χ2n) is 8.19. The van der Waals surface area contributed by atoms with Crippen LogP contribution >= 0.6 is 11.8 Å². The summed E-state index contributed by atoms with van der Waals surface area (Å²) in [6, 6.07) is 14.2. The van der Waals surface area contributed by atoms with Gasteiger partial charge in [-0.1, -0.05) is 12.1 Å². The van der Waals surface area contributed by atoms with Crippen molar-refractivity contribution in [3.8, 4) is 17.2 Å². The van der Waals surface area contributed by atoms with Crippen LogP contribution in [0.25, 0.3) is 0 Å². The van der Waals surface area contributed by atoms with E-state index in [4.69, 9.17) is 18.9 Å². The molecule has 0 radical (unpaired) electrons. The molecule has 0 atom stereocenters. The van der Waals surface area contributed by atoms with E-state index in [9.17, 15) is 4.79 Å². The fourth-order valence-corrected chi connectivity index (χ4v) is 4.63. The zero-order valence-corrected chi connectivity index (χ0v) is 19.9. The van der Waals surface area contributed by atoms with Crippen molar-refractivity contribution in [2.45, 2.75) is 30.3 Å². The van der Waals surface area contributed by atoms with Gasteiger partial charge in [0.2, 0.25) is 5.91 Å². The lowest BCUT2D eigenvalue weighted by atomic mass is 10.1. The Morgan fingerprint density at radius 3 is 2.76 bits per heavy atom. The molecule has 2 aromatic rings. The topological polar surface area (TPSA) is 69.3 Å². The van der Waals surface area contributed by atoms with E-state index in [1.54, 1.807) is 0 Å². The molecule has 2 aliphatic rings. The van der Waals surface area contributed by atoms with Crippen LogP contribution in [0.4, 0.5) is 0 Å². The van der Waals surface area contributed by atoms with E-state index in [2.05, 4.69) is 17.3 Å². The van der Waals surface area contributed by atoms with Gasteiger partial charge in [0.05, 0.1) is 5.75 Å². The number of carbonyl (C=O) groups is 1. The van der Waals surface area contributed by atoms with E-state index < -0.39 is 0 Å². The van der Waals surface area contributed by atoms with E-state index in [-0.39, 0.29) is 5.91 Å². The second kappa shape index (κ2) is 12.2. The van der Waals surface area contributed by atoms with Gasteiger partial charge >= 0.3 is 0 Å². The number of likely N-dealkylation sites (N-methyl/N-ethyl adjacent to an activating group) is 1. The number of nitrogens with one attached hydrogen (secondary N) is 1.